The molecule has 0 spiro atoms. The largest absolute Gasteiger partial charge is 0.466 e. The summed E-state index contributed by atoms with van der Waals surface area (Å²) in [6.45, 7) is 8.53. The lowest BCUT2D eigenvalue weighted by molar-refractivity contribution is -0.150. The summed E-state index contributed by atoms with van der Waals surface area (Å²) in [7, 11) is 0. The maximum Gasteiger partial charge on any atom is 0.308 e. The number of ether oxygens (including phenoxy) is 2. The zero-order valence-electron chi connectivity index (χ0n) is 18.4. The van der Waals surface area contributed by atoms with E-state index in [9.17, 15) is 9.59 Å². The minimum absolute atomic E-state index is 0.00917. The fourth-order valence-corrected chi connectivity index (χ4v) is 4.18. The first-order chi connectivity index (χ1) is 14.4. The summed E-state index contributed by atoms with van der Waals surface area (Å²) in [6.07, 6.45) is 4.65. The van der Waals surface area contributed by atoms with Crippen molar-refractivity contribution >= 4 is 11.9 Å². The van der Waals surface area contributed by atoms with Crippen molar-refractivity contribution in [3.63, 3.8) is 0 Å². The summed E-state index contributed by atoms with van der Waals surface area (Å²) < 4.78 is 9.97. The molecule has 0 aliphatic heterocycles. The summed E-state index contributed by atoms with van der Waals surface area (Å²) in [5.74, 6) is 0.302. The average molecular weight is 423 g/mol. The van der Waals surface area contributed by atoms with E-state index in [4.69, 9.17) is 20.5 Å². The van der Waals surface area contributed by atoms with Gasteiger partial charge in [-0.1, -0.05) is 24.1 Å². The summed E-state index contributed by atoms with van der Waals surface area (Å²) in [6, 6.07) is 0.0846. The van der Waals surface area contributed by atoms with Gasteiger partial charge in [0.15, 0.2) is 0 Å². The number of rotatable bonds is 6. The molecule has 0 N–H and O–H groups in total. The van der Waals surface area contributed by atoms with Gasteiger partial charge < -0.3 is 9.47 Å². The Kier molecular flexibility index (Phi) is 11.7. The van der Waals surface area contributed by atoms with E-state index in [1.165, 1.54) is 0 Å². The third kappa shape index (κ3) is 8.13. The van der Waals surface area contributed by atoms with Crippen LogP contribution in [-0.2, 0) is 19.1 Å². The molecular formula is C20H34N6O4. The number of carbonyl (C=O) groups is 2. The van der Waals surface area contributed by atoms with Crippen LogP contribution < -0.4 is 0 Å². The van der Waals surface area contributed by atoms with Gasteiger partial charge in [-0.05, 0) is 75.3 Å². The van der Waals surface area contributed by atoms with E-state index in [2.05, 4.69) is 20.1 Å². The van der Waals surface area contributed by atoms with E-state index in [0.29, 0.717) is 13.2 Å². The standard InChI is InChI=1S/2C10H17N3O2/c2*1-3-15-10(14)8-4-5-9(12-13-11)7(2)6-8/h2*7-9H,3-6H2,1-2H3/t7-,8+,9+;7-,8+,9-/m11/s1. The highest BCUT2D eigenvalue weighted by Gasteiger charge is 2.32. The van der Waals surface area contributed by atoms with Crippen molar-refractivity contribution in [3.05, 3.63) is 20.9 Å². The van der Waals surface area contributed by atoms with Crippen LogP contribution in [0.3, 0.4) is 0 Å². The Morgan fingerprint density at radius 3 is 1.43 bits per heavy atom. The van der Waals surface area contributed by atoms with E-state index in [1.807, 2.05) is 27.7 Å². The van der Waals surface area contributed by atoms with Gasteiger partial charge in [-0.15, -0.1) is 0 Å². The quantitative estimate of drug-likeness (QED) is 0.246. The molecule has 0 amide bonds. The highest BCUT2D eigenvalue weighted by molar-refractivity contribution is 5.73. The van der Waals surface area contributed by atoms with E-state index in [1.54, 1.807) is 0 Å². The first-order valence-corrected chi connectivity index (χ1v) is 10.8. The predicted octanol–water partition coefficient (Wildman–Crippen LogP) is 5.33. The normalized spacial score (nSPS) is 30.4. The zero-order valence-corrected chi connectivity index (χ0v) is 18.4. The molecule has 0 aromatic carbocycles. The lowest BCUT2D eigenvalue weighted by Gasteiger charge is -2.29. The van der Waals surface area contributed by atoms with Crippen molar-refractivity contribution in [3.8, 4) is 0 Å². The Bertz CT molecular complexity index is 604. The zero-order chi connectivity index (χ0) is 22.5. The molecule has 0 heterocycles. The van der Waals surface area contributed by atoms with Crippen LogP contribution in [0.2, 0.25) is 0 Å². The van der Waals surface area contributed by atoms with Gasteiger partial charge >= 0.3 is 11.9 Å². The minimum Gasteiger partial charge on any atom is -0.466 e. The van der Waals surface area contributed by atoms with Crippen molar-refractivity contribution in [1.82, 2.24) is 0 Å². The maximum atomic E-state index is 11.5. The van der Waals surface area contributed by atoms with Crippen molar-refractivity contribution in [1.29, 1.82) is 0 Å². The van der Waals surface area contributed by atoms with Gasteiger partial charge in [0.25, 0.3) is 0 Å². The van der Waals surface area contributed by atoms with Gasteiger partial charge in [0, 0.05) is 21.9 Å². The lowest BCUT2D eigenvalue weighted by atomic mass is 9.79. The molecule has 0 unspecified atom stereocenters. The van der Waals surface area contributed by atoms with Crippen molar-refractivity contribution in [2.24, 2.45) is 33.9 Å². The first kappa shape index (κ1) is 25.6. The highest BCUT2D eigenvalue weighted by atomic mass is 16.5. The van der Waals surface area contributed by atoms with Crippen LogP contribution in [0.4, 0.5) is 0 Å². The van der Waals surface area contributed by atoms with Crippen LogP contribution in [0.1, 0.15) is 66.2 Å². The molecule has 10 heteroatoms. The number of carbonyl (C=O) groups excluding carboxylic acids is 2. The Hall–Kier alpha value is -2.44. The fraction of sp³-hybridized carbons (Fsp3) is 0.900. The molecule has 2 fully saturated rings. The molecule has 6 atom stereocenters. The smallest absolute Gasteiger partial charge is 0.308 e. The highest BCUT2D eigenvalue weighted by Crippen LogP contribution is 2.32. The molecule has 0 aromatic heterocycles. The summed E-state index contributed by atoms with van der Waals surface area (Å²) in [5.41, 5.74) is 16.7. The van der Waals surface area contributed by atoms with Crippen LogP contribution in [0.25, 0.3) is 20.9 Å². The number of hydrogen-bond donors (Lipinski definition) is 0. The van der Waals surface area contributed by atoms with Crippen molar-refractivity contribution in [2.75, 3.05) is 13.2 Å². The predicted molar refractivity (Wildman–Crippen MR) is 112 cm³/mol. The molecule has 2 aliphatic carbocycles. The van der Waals surface area contributed by atoms with Gasteiger partial charge in [0.05, 0.1) is 25.0 Å². The Morgan fingerprint density at radius 2 is 1.17 bits per heavy atom. The molecule has 0 saturated heterocycles. The summed E-state index contributed by atoms with van der Waals surface area (Å²) in [5, 5.41) is 7.47. The Labute approximate surface area is 177 Å². The number of azide groups is 2. The minimum atomic E-state index is -0.108. The third-order valence-electron chi connectivity index (χ3n) is 5.89. The second-order valence-electron chi connectivity index (χ2n) is 8.02. The monoisotopic (exact) mass is 422 g/mol. The molecule has 168 valence electrons. The molecule has 10 nitrogen and oxygen atoms in total. The Morgan fingerprint density at radius 1 is 0.800 bits per heavy atom. The Balaban J connectivity index is 0.000000300. The van der Waals surface area contributed by atoms with Gasteiger partial charge in [-0.25, -0.2) is 0 Å². The fourth-order valence-electron chi connectivity index (χ4n) is 4.18. The molecule has 2 rings (SSSR count). The van der Waals surface area contributed by atoms with Gasteiger partial charge in [0.2, 0.25) is 0 Å². The first-order valence-electron chi connectivity index (χ1n) is 10.8. The van der Waals surface area contributed by atoms with E-state index < -0.39 is 0 Å². The van der Waals surface area contributed by atoms with E-state index in [0.717, 1.165) is 38.5 Å². The van der Waals surface area contributed by atoms with Crippen LogP contribution in [0, 0.1) is 23.7 Å². The third-order valence-corrected chi connectivity index (χ3v) is 5.89. The molecule has 0 aromatic rings. The summed E-state index contributed by atoms with van der Waals surface area (Å²) in [4.78, 5) is 28.6. The van der Waals surface area contributed by atoms with Crippen LogP contribution in [0.15, 0.2) is 10.2 Å². The van der Waals surface area contributed by atoms with Crippen molar-refractivity contribution in [2.45, 2.75) is 78.3 Å². The number of hydrogen-bond acceptors (Lipinski definition) is 6. The van der Waals surface area contributed by atoms with Gasteiger partial charge in [-0.2, -0.15) is 0 Å². The molecule has 0 radical (unpaired) electrons. The SMILES string of the molecule is CCOC(=O)[C@H]1CC[C@@H](N=[N+]=[N-])[C@H](C)C1.CCOC(=O)[C@H]1CC[C@H](N=[N+]=[N-])[C@H](C)C1. The molecular weight excluding hydrogens is 388 g/mol. The second kappa shape index (κ2) is 13.7. The van der Waals surface area contributed by atoms with E-state index in [-0.39, 0.29) is 47.7 Å². The number of nitrogens with zero attached hydrogens (tertiary/aromatic N) is 6. The lowest BCUT2D eigenvalue weighted by Crippen LogP contribution is -2.30. The maximum absolute atomic E-state index is 11.5. The molecule has 0 bridgehead atoms. The van der Waals surface area contributed by atoms with Gasteiger partial charge in [-0.3, -0.25) is 9.59 Å². The molecule has 30 heavy (non-hydrogen) atoms. The topological polar surface area (TPSA) is 150 Å². The molecule has 2 saturated carbocycles. The van der Waals surface area contributed by atoms with Crippen LogP contribution in [-0.4, -0.2) is 37.2 Å². The number of esters is 2. The van der Waals surface area contributed by atoms with Crippen LogP contribution in [0.5, 0.6) is 0 Å². The van der Waals surface area contributed by atoms with Crippen molar-refractivity contribution < 1.29 is 19.1 Å². The summed E-state index contributed by atoms with van der Waals surface area (Å²) >= 11 is 0. The van der Waals surface area contributed by atoms with Crippen LogP contribution >= 0.6 is 0 Å². The van der Waals surface area contributed by atoms with E-state index >= 15 is 0 Å². The second-order valence-corrected chi connectivity index (χ2v) is 8.02. The van der Waals surface area contributed by atoms with Gasteiger partial charge in [0.1, 0.15) is 0 Å². The average Bonchev–Trinajstić information content (AvgIpc) is 2.72. The molecule has 2 aliphatic rings.